The van der Waals surface area contributed by atoms with Gasteiger partial charge >= 0.3 is 0 Å². The average Bonchev–Trinajstić information content (AvgIpc) is 3.21. The SMILES string of the molecule is Cc1nc([C@@H]2C[C@@H](NC(=O)c3ccccc3)CN2C(=O)CN)n[nH]1. The van der Waals surface area contributed by atoms with E-state index in [-0.39, 0.29) is 30.4 Å². The molecule has 0 radical (unpaired) electrons. The van der Waals surface area contributed by atoms with Crippen molar-refractivity contribution >= 4 is 11.8 Å². The zero-order valence-corrected chi connectivity index (χ0v) is 13.4. The number of amides is 2. The third kappa shape index (κ3) is 3.28. The monoisotopic (exact) mass is 328 g/mol. The molecule has 1 aliphatic rings. The number of hydrogen-bond donors (Lipinski definition) is 3. The third-order valence-electron chi connectivity index (χ3n) is 4.08. The van der Waals surface area contributed by atoms with E-state index in [1.807, 2.05) is 18.2 Å². The molecule has 2 amide bonds. The van der Waals surface area contributed by atoms with Gasteiger partial charge in [0.1, 0.15) is 5.82 Å². The second kappa shape index (κ2) is 6.79. The number of H-pyrrole nitrogens is 1. The Balaban J connectivity index is 1.74. The Morgan fingerprint density at radius 3 is 2.75 bits per heavy atom. The molecular weight excluding hydrogens is 308 g/mol. The molecule has 0 bridgehead atoms. The van der Waals surface area contributed by atoms with Crippen LogP contribution < -0.4 is 11.1 Å². The zero-order chi connectivity index (χ0) is 17.1. The topological polar surface area (TPSA) is 117 Å². The quantitative estimate of drug-likeness (QED) is 0.738. The van der Waals surface area contributed by atoms with Crippen molar-refractivity contribution in [1.29, 1.82) is 0 Å². The van der Waals surface area contributed by atoms with Gasteiger partial charge in [-0.05, 0) is 25.5 Å². The summed E-state index contributed by atoms with van der Waals surface area (Å²) in [5, 5.41) is 9.91. The second-order valence-electron chi connectivity index (χ2n) is 5.82. The number of hydrogen-bond acceptors (Lipinski definition) is 5. The fraction of sp³-hybridized carbons (Fsp3) is 0.375. The summed E-state index contributed by atoms with van der Waals surface area (Å²) in [7, 11) is 0. The molecule has 0 saturated carbocycles. The zero-order valence-electron chi connectivity index (χ0n) is 13.4. The van der Waals surface area contributed by atoms with Crippen molar-refractivity contribution in [1.82, 2.24) is 25.4 Å². The van der Waals surface area contributed by atoms with Gasteiger partial charge in [-0.2, -0.15) is 5.10 Å². The van der Waals surface area contributed by atoms with Crippen LogP contribution in [0.5, 0.6) is 0 Å². The lowest BCUT2D eigenvalue weighted by Crippen LogP contribution is -2.40. The predicted octanol–water partition coefficient (Wildman–Crippen LogP) is 0.144. The number of carbonyl (C=O) groups is 2. The molecule has 126 valence electrons. The van der Waals surface area contributed by atoms with Crippen LogP contribution in [-0.4, -0.2) is 51.0 Å². The number of nitrogens with one attached hydrogen (secondary N) is 2. The summed E-state index contributed by atoms with van der Waals surface area (Å²) >= 11 is 0. The maximum atomic E-state index is 12.3. The van der Waals surface area contributed by atoms with E-state index in [0.717, 1.165) is 0 Å². The maximum Gasteiger partial charge on any atom is 0.251 e. The first-order valence-corrected chi connectivity index (χ1v) is 7.83. The molecule has 1 aromatic heterocycles. The molecule has 8 heteroatoms. The fourth-order valence-corrected chi connectivity index (χ4v) is 2.95. The second-order valence-corrected chi connectivity index (χ2v) is 5.82. The van der Waals surface area contributed by atoms with Gasteiger partial charge in [-0.25, -0.2) is 4.98 Å². The summed E-state index contributed by atoms with van der Waals surface area (Å²) < 4.78 is 0. The highest BCUT2D eigenvalue weighted by Gasteiger charge is 2.38. The number of carbonyl (C=O) groups excluding carboxylic acids is 2. The predicted molar refractivity (Wildman–Crippen MR) is 86.9 cm³/mol. The van der Waals surface area contributed by atoms with Gasteiger partial charge in [-0.3, -0.25) is 14.7 Å². The standard InChI is InChI=1S/C16H20N6O2/c1-10-18-15(21-20-10)13-7-12(9-22(13)14(23)8-17)19-16(24)11-5-3-2-4-6-11/h2-6,12-13H,7-9,17H2,1H3,(H,19,24)(H,18,20,21)/t12-,13+/m1/s1. The number of aryl methyl sites for hydroxylation is 1. The van der Waals surface area contributed by atoms with Gasteiger partial charge in [-0.1, -0.05) is 18.2 Å². The van der Waals surface area contributed by atoms with E-state index in [9.17, 15) is 9.59 Å². The van der Waals surface area contributed by atoms with E-state index in [2.05, 4.69) is 20.5 Å². The number of benzene rings is 1. The van der Waals surface area contributed by atoms with Crippen LogP contribution in [0, 0.1) is 6.92 Å². The van der Waals surface area contributed by atoms with Crippen LogP contribution in [0.15, 0.2) is 30.3 Å². The first kappa shape index (κ1) is 16.1. The van der Waals surface area contributed by atoms with E-state index in [0.29, 0.717) is 30.2 Å². The van der Waals surface area contributed by atoms with E-state index in [1.54, 1.807) is 24.0 Å². The van der Waals surface area contributed by atoms with Crippen molar-refractivity contribution in [3.8, 4) is 0 Å². The van der Waals surface area contributed by atoms with Gasteiger partial charge in [-0.15, -0.1) is 0 Å². The smallest absolute Gasteiger partial charge is 0.251 e. The molecular formula is C16H20N6O2. The number of likely N-dealkylation sites (tertiary alicyclic amines) is 1. The fourth-order valence-electron chi connectivity index (χ4n) is 2.95. The van der Waals surface area contributed by atoms with Crippen LogP contribution in [0.4, 0.5) is 0 Å². The lowest BCUT2D eigenvalue weighted by molar-refractivity contribution is -0.130. The van der Waals surface area contributed by atoms with Crippen LogP contribution >= 0.6 is 0 Å². The van der Waals surface area contributed by atoms with E-state index in [4.69, 9.17) is 5.73 Å². The molecule has 0 aliphatic carbocycles. The highest BCUT2D eigenvalue weighted by Crippen LogP contribution is 2.30. The molecule has 4 N–H and O–H groups in total. The molecule has 2 atom stereocenters. The van der Waals surface area contributed by atoms with Crippen LogP contribution in [-0.2, 0) is 4.79 Å². The van der Waals surface area contributed by atoms with Crippen LogP contribution in [0.25, 0.3) is 0 Å². The van der Waals surface area contributed by atoms with Crippen molar-refractivity contribution < 1.29 is 9.59 Å². The van der Waals surface area contributed by atoms with Crippen LogP contribution in [0.2, 0.25) is 0 Å². The molecule has 1 saturated heterocycles. The van der Waals surface area contributed by atoms with Crippen molar-refractivity contribution in [2.45, 2.75) is 25.4 Å². The number of nitrogens with zero attached hydrogens (tertiary/aromatic N) is 3. The van der Waals surface area contributed by atoms with Gasteiger partial charge in [0, 0.05) is 18.2 Å². The Morgan fingerprint density at radius 1 is 1.38 bits per heavy atom. The Bertz CT molecular complexity index is 729. The number of nitrogens with two attached hydrogens (primary N) is 1. The van der Waals surface area contributed by atoms with E-state index < -0.39 is 0 Å². The lowest BCUT2D eigenvalue weighted by atomic mass is 10.1. The summed E-state index contributed by atoms with van der Waals surface area (Å²) in [6.07, 6.45) is 0.557. The molecule has 1 aliphatic heterocycles. The highest BCUT2D eigenvalue weighted by molar-refractivity contribution is 5.94. The van der Waals surface area contributed by atoms with Gasteiger partial charge in [0.05, 0.1) is 12.6 Å². The van der Waals surface area contributed by atoms with E-state index in [1.165, 1.54) is 0 Å². The minimum absolute atomic E-state index is 0.0841. The molecule has 2 aromatic rings. The minimum atomic E-state index is -0.285. The summed E-state index contributed by atoms with van der Waals surface area (Å²) in [4.78, 5) is 30.4. The molecule has 0 unspecified atom stereocenters. The van der Waals surface area contributed by atoms with Crippen LogP contribution in [0.1, 0.15) is 34.5 Å². The maximum absolute atomic E-state index is 12.3. The van der Waals surface area contributed by atoms with Gasteiger partial charge < -0.3 is 16.0 Å². The summed E-state index contributed by atoms with van der Waals surface area (Å²) in [6, 6.07) is 8.53. The Kier molecular flexibility index (Phi) is 4.57. The van der Waals surface area contributed by atoms with Gasteiger partial charge in [0.15, 0.2) is 5.82 Å². The molecule has 0 spiro atoms. The van der Waals surface area contributed by atoms with Gasteiger partial charge in [0.2, 0.25) is 5.91 Å². The first-order valence-electron chi connectivity index (χ1n) is 7.83. The number of rotatable bonds is 4. The third-order valence-corrected chi connectivity index (χ3v) is 4.08. The molecule has 1 fully saturated rings. The minimum Gasteiger partial charge on any atom is -0.347 e. The van der Waals surface area contributed by atoms with Crippen molar-refractivity contribution in [3.05, 3.63) is 47.5 Å². The van der Waals surface area contributed by atoms with Crippen molar-refractivity contribution in [3.63, 3.8) is 0 Å². The Hall–Kier alpha value is -2.74. The van der Waals surface area contributed by atoms with Crippen LogP contribution in [0.3, 0.4) is 0 Å². The average molecular weight is 328 g/mol. The molecule has 1 aromatic carbocycles. The lowest BCUT2D eigenvalue weighted by Gasteiger charge is -2.21. The molecule has 8 nitrogen and oxygen atoms in total. The molecule has 24 heavy (non-hydrogen) atoms. The highest BCUT2D eigenvalue weighted by atomic mass is 16.2. The Labute approximate surface area is 139 Å². The number of aromatic amines is 1. The molecule has 2 heterocycles. The summed E-state index contributed by atoms with van der Waals surface area (Å²) in [5.41, 5.74) is 6.10. The van der Waals surface area contributed by atoms with Crippen molar-refractivity contribution in [2.24, 2.45) is 5.73 Å². The number of aromatic nitrogens is 3. The Morgan fingerprint density at radius 2 is 2.12 bits per heavy atom. The van der Waals surface area contributed by atoms with Crippen molar-refractivity contribution in [2.75, 3.05) is 13.1 Å². The largest absolute Gasteiger partial charge is 0.347 e. The molecule has 3 rings (SSSR count). The normalized spacial score (nSPS) is 20.2. The summed E-state index contributed by atoms with van der Waals surface area (Å²) in [5.74, 6) is 0.888. The van der Waals surface area contributed by atoms with Gasteiger partial charge in [0.25, 0.3) is 5.91 Å². The summed E-state index contributed by atoms with van der Waals surface area (Å²) in [6.45, 7) is 2.11. The first-order chi connectivity index (χ1) is 11.6. The van der Waals surface area contributed by atoms with E-state index >= 15 is 0 Å².